The Bertz CT molecular complexity index is 731. The van der Waals surface area contributed by atoms with E-state index in [1.807, 2.05) is 6.08 Å². The molecular weight excluding hydrogens is 340 g/mol. The Kier molecular flexibility index (Phi) is 8.11. The first-order valence-corrected chi connectivity index (χ1v) is 10.8. The Morgan fingerprint density at radius 1 is 0.893 bits per heavy atom. The van der Waals surface area contributed by atoms with Crippen LogP contribution in [0.25, 0.3) is 6.08 Å². The summed E-state index contributed by atoms with van der Waals surface area (Å²) in [6, 6.07) is 18.3. The molecule has 2 aromatic carbocycles. The normalized spacial score (nSPS) is 19.8. The van der Waals surface area contributed by atoms with E-state index in [4.69, 9.17) is 4.74 Å². The largest absolute Gasteiger partial charge is 0.377 e. The summed E-state index contributed by atoms with van der Waals surface area (Å²) in [5, 5.41) is 0. The summed E-state index contributed by atoms with van der Waals surface area (Å²) in [7, 11) is 0. The molecule has 0 aromatic heterocycles. The average molecular weight is 375 g/mol. The first kappa shape index (κ1) is 20.6. The molecule has 0 heterocycles. The van der Waals surface area contributed by atoms with Crippen LogP contribution in [-0.2, 0) is 11.3 Å². The van der Waals surface area contributed by atoms with E-state index in [-0.39, 0.29) is 0 Å². The van der Waals surface area contributed by atoms with Crippen LogP contribution in [-0.4, -0.2) is 6.61 Å². The average Bonchev–Trinajstić information content (AvgIpc) is 2.75. The minimum Gasteiger partial charge on any atom is -0.377 e. The molecule has 1 nitrogen and oxygen atoms in total. The second-order valence-electron chi connectivity index (χ2n) is 7.94. The molecule has 3 rings (SSSR count). The monoisotopic (exact) mass is 374 g/mol. The van der Waals surface area contributed by atoms with Crippen molar-refractivity contribution < 1.29 is 4.74 Å². The molecule has 0 N–H and O–H groups in total. The number of hydrogen-bond acceptors (Lipinski definition) is 1. The lowest BCUT2D eigenvalue weighted by molar-refractivity contribution is 0.119. The van der Waals surface area contributed by atoms with Crippen molar-refractivity contribution in [3.63, 3.8) is 0 Å². The highest BCUT2D eigenvalue weighted by atomic mass is 16.5. The third kappa shape index (κ3) is 5.94. The quantitative estimate of drug-likeness (QED) is 0.323. The van der Waals surface area contributed by atoms with Gasteiger partial charge in [0.05, 0.1) is 6.61 Å². The van der Waals surface area contributed by atoms with Gasteiger partial charge in [0.2, 0.25) is 0 Å². The van der Waals surface area contributed by atoms with E-state index in [0.717, 1.165) is 25.4 Å². The third-order valence-electron chi connectivity index (χ3n) is 5.91. The first-order chi connectivity index (χ1) is 13.8. The molecule has 0 atom stereocenters. The predicted molar refractivity (Wildman–Crippen MR) is 121 cm³/mol. The van der Waals surface area contributed by atoms with Gasteiger partial charge in [-0.2, -0.15) is 0 Å². The zero-order chi connectivity index (χ0) is 19.6. The van der Waals surface area contributed by atoms with Gasteiger partial charge in [-0.15, -0.1) is 6.58 Å². The van der Waals surface area contributed by atoms with Gasteiger partial charge in [0, 0.05) is 6.61 Å². The molecule has 1 saturated carbocycles. The van der Waals surface area contributed by atoms with Gasteiger partial charge in [0.1, 0.15) is 0 Å². The van der Waals surface area contributed by atoms with E-state index in [9.17, 15) is 0 Å². The lowest BCUT2D eigenvalue weighted by atomic mass is 9.76. The van der Waals surface area contributed by atoms with E-state index in [2.05, 4.69) is 74.2 Å². The van der Waals surface area contributed by atoms with E-state index in [0.29, 0.717) is 12.5 Å². The second-order valence-corrected chi connectivity index (χ2v) is 7.94. The Balaban J connectivity index is 1.47. The molecule has 0 spiro atoms. The zero-order valence-electron chi connectivity index (χ0n) is 17.3. The highest BCUT2D eigenvalue weighted by Crippen LogP contribution is 2.40. The fourth-order valence-corrected chi connectivity index (χ4v) is 4.24. The van der Waals surface area contributed by atoms with Crippen molar-refractivity contribution in [1.29, 1.82) is 0 Å². The SMILES string of the molecule is C=CCCCOCc1ccc(C2CCC(c3ccc(/C=C\C)cc3)CC2)cc1. The van der Waals surface area contributed by atoms with Crippen LogP contribution in [0.2, 0.25) is 0 Å². The summed E-state index contributed by atoms with van der Waals surface area (Å²) in [6.07, 6.45) is 13.5. The summed E-state index contributed by atoms with van der Waals surface area (Å²) < 4.78 is 5.74. The number of rotatable bonds is 9. The Morgan fingerprint density at radius 2 is 1.46 bits per heavy atom. The minimum absolute atomic E-state index is 0.709. The van der Waals surface area contributed by atoms with Crippen molar-refractivity contribution in [3.05, 3.63) is 89.5 Å². The fourth-order valence-electron chi connectivity index (χ4n) is 4.24. The van der Waals surface area contributed by atoms with E-state index in [1.165, 1.54) is 47.9 Å². The van der Waals surface area contributed by atoms with Crippen LogP contribution < -0.4 is 0 Å². The van der Waals surface area contributed by atoms with Gasteiger partial charge in [0.15, 0.2) is 0 Å². The predicted octanol–water partition coefficient (Wildman–Crippen LogP) is 7.64. The Morgan fingerprint density at radius 3 is 2.00 bits per heavy atom. The molecule has 0 aliphatic heterocycles. The zero-order valence-corrected chi connectivity index (χ0v) is 17.3. The van der Waals surface area contributed by atoms with Gasteiger partial charge in [-0.1, -0.05) is 66.8 Å². The van der Waals surface area contributed by atoms with Crippen molar-refractivity contribution in [2.45, 2.75) is 63.9 Å². The smallest absolute Gasteiger partial charge is 0.0716 e. The second kappa shape index (κ2) is 11.0. The highest BCUT2D eigenvalue weighted by molar-refractivity contribution is 5.49. The molecule has 0 radical (unpaired) electrons. The van der Waals surface area contributed by atoms with Crippen LogP contribution in [0.4, 0.5) is 0 Å². The van der Waals surface area contributed by atoms with Gasteiger partial charge in [0.25, 0.3) is 0 Å². The summed E-state index contributed by atoms with van der Waals surface area (Å²) >= 11 is 0. The topological polar surface area (TPSA) is 9.23 Å². The lowest BCUT2D eigenvalue weighted by Crippen LogP contribution is -2.12. The summed E-state index contributed by atoms with van der Waals surface area (Å²) in [5.41, 5.74) is 5.58. The van der Waals surface area contributed by atoms with Gasteiger partial charge < -0.3 is 4.74 Å². The van der Waals surface area contributed by atoms with Crippen LogP contribution in [0.1, 0.15) is 79.5 Å². The van der Waals surface area contributed by atoms with Crippen molar-refractivity contribution in [1.82, 2.24) is 0 Å². The Labute approximate surface area is 171 Å². The molecule has 148 valence electrons. The van der Waals surface area contributed by atoms with Gasteiger partial charge in [-0.25, -0.2) is 0 Å². The molecule has 1 heteroatoms. The maximum atomic E-state index is 5.74. The standard InChI is InChI=1S/C27H34O/c1-3-5-6-20-28-21-23-10-14-25(15-11-23)27-18-16-26(17-19-27)24-12-8-22(7-4-2)9-13-24/h3-4,7-15,26-27H,1,5-6,16-21H2,2H3/b7-4-. The number of benzene rings is 2. The molecule has 0 bridgehead atoms. The molecule has 0 unspecified atom stereocenters. The van der Waals surface area contributed by atoms with Crippen molar-refractivity contribution in [3.8, 4) is 0 Å². The molecule has 0 saturated heterocycles. The molecule has 1 fully saturated rings. The van der Waals surface area contributed by atoms with E-state index in [1.54, 1.807) is 0 Å². The maximum Gasteiger partial charge on any atom is 0.0716 e. The molecule has 1 aliphatic rings. The van der Waals surface area contributed by atoms with Crippen LogP contribution in [0.3, 0.4) is 0 Å². The van der Waals surface area contributed by atoms with Crippen molar-refractivity contribution in [2.75, 3.05) is 6.61 Å². The van der Waals surface area contributed by atoms with Gasteiger partial charge in [-0.05, 0) is 79.5 Å². The van der Waals surface area contributed by atoms with Crippen LogP contribution in [0, 0.1) is 0 Å². The molecular formula is C27H34O. The van der Waals surface area contributed by atoms with Gasteiger partial charge in [-0.3, -0.25) is 0 Å². The molecule has 2 aromatic rings. The Hall–Kier alpha value is -2.12. The summed E-state index contributed by atoms with van der Waals surface area (Å²) in [4.78, 5) is 0. The molecule has 1 aliphatic carbocycles. The number of ether oxygens (including phenoxy) is 1. The third-order valence-corrected chi connectivity index (χ3v) is 5.91. The van der Waals surface area contributed by atoms with Crippen LogP contribution >= 0.6 is 0 Å². The molecule has 0 amide bonds. The number of hydrogen-bond donors (Lipinski definition) is 0. The van der Waals surface area contributed by atoms with E-state index >= 15 is 0 Å². The fraction of sp³-hybridized carbons (Fsp3) is 0.407. The van der Waals surface area contributed by atoms with E-state index < -0.39 is 0 Å². The highest BCUT2D eigenvalue weighted by Gasteiger charge is 2.23. The summed E-state index contributed by atoms with van der Waals surface area (Å²) in [6.45, 7) is 7.34. The number of unbranched alkanes of at least 4 members (excludes halogenated alkanes) is 1. The lowest BCUT2D eigenvalue weighted by Gasteiger charge is -2.29. The minimum atomic E-state index is 0.709. The molecule has 28 heavy (non-hydrogen) atoms. The number of allylic oxidation sites excluding steroid dienone is 2. The maximum absolute atomic E-state index is 5.74. The van der Waals surface area contributed by atoms with Gasteiger partial charge >= 0.3 is 0 Å². The van der Waals surface area contributed by atoms with Crippen molar-refractivity contribution in [2.24, 2.45) is 0 Å². The first-order valence-electron chi connectivity index (χ1n) is 10.8. The summed E-state index contributed by atoms with van der Waals surface area (Å²) in [5.74, 6) is 1.43. The van der Waals surface area contributed by atoms with Crippen LogP contribution in [0.5, 0.6) is 0 Å². The van der Waals surface area contributed by atoms with Crippen molar-refractivity contribution >= 4 is 6.08 Å². The van der Waals surface area contributed by atoms with Crippen LogP contribution in [0.15, 0.2) is 67.3 Å².